The van der Waals surface area contributed by atoms with Crippen molar-refractivity contribution in [3.8, 4) is 23.0 Å². The highest BCUT2D eigenvalue weighted by molar-refractivity contribution is 14.0. The number of aliphatic imine (C=N–C) groups is 1. The van der Waals surface area contributed by atoms with Gasteiger partial charge in [-0.05, 0) is 37.6 Å². The largest absolute Gasteiger partial charge is 0.504 e. The van der Waals surface area contributed by atoms with Gasteiger partial charge in [-0.3, -0.25) is 0 Å². The predicted molar refractivity (Wildman–Crippen MR) is 126 cm³/mol. The van der Waals surface area contributed by atoms with E-state index in [0.717, 1.165) is 5.56 Å². The lowest BCUT2D eigenvalue weighted by molar-refractivity contribution is -0.0520. The van der Waals surface area contributed by atoms with E-state index in [0.29, 0.717) is 37.0 Å². The van der Waals surface area contributed by atoms with Crippen molar-refractivity contribution in [3.63, 3.8) is 0 Å². The zero-order chi connectivity index (χ0) is 21.9. The molecule has 0 atom stereocenters. The molecular weight excluding hydrogens is 523 g/mol. The highest BCUT2D eigenvalue weighted by Crippen LogP contribution is 2.32. The number of hydrogen-bond acceptors (Lipinski definition) is 5. The van der Waals surface area contributed by atoms with Crippen LogP contribution >= 0.6 is 24.0 Å². The second-order valence-corrected chi connectivity index (χ2v) is 6.11. The van der Waals surface area contributed by atoms with E-state index >= 15 is 0 Å². The lowest BCUT2D eigenvalue weighted by atomic mass is 10.2. The van der Waals surface area contributed by atoms with Gasteiger partial charge in [-0.1, -0.05) is 18.2 Å². The van der Waals surface area contributed by atoms with Crippen molar-refractivity contribution in [1.82, 2.24) is 10.6 Å². The van der Waals surface area contributed by atoms with Gasteiger partial charge in [0.2, 0.25) is 0 Å². The van der Waals surface area contributed by atoms with E-state index in [1.807, 2.05) is 6.92 Å². The summed E-state index contributed by atoms with van der Waals surface area (Å²) in [6.07, 6.45) is 0. The van der Waals surface area contributed by atoms with Crippen molar-refractivity contribution in [3.05, 3.63) is 47.5 Å². The maximum Gasteiger partial charge on any atom is 0.387 e. The van der Waals surface area contributed by atoms with Crippen LogP contribution in [0.15, 0.2) is 41.4 Å². The van der Waals surface area contributed by atoms with E-state index in [1.165, 1.54) is 7.11 Å². The molecule has 0 saturated heterocycles. The summed E-state index contributed by atoms with van der Waals surface area (Å²) in [6, 6.07) is 10.0. The number of ether oxygens (including phenoxy) is 3. The first kappa shape index (κ1) is 26.5. The molecule has 0 amide bonds. The number of guanidine groups is 1. The van der Waals surface area contributed by atoms with Crippen LogP contribution in [0.3, 0.4) is 0 Å². The first-order valence-electron chi connectivity index (χ1n) is 9.56. The maximum absolute atomic E-state index is 12.9. The Kier molecular flexibility index (Phi) is 11.8. The summed E-state index contributed by atoms with van der Waals surface area (Å²) in [5.41, 5.74) is 1.29. The number of rotatable bonds is 10. The van der Waals surface area contributed by atoms with E-state index in [9.17, 15) is 13.9 Å². The Labute approximate surface area is 197 Å². The molecule has 0 saturated carbocycles. The SMILES string of the molecule is CCNC(=NCc1ccc(OC)c(O)c1)NCc1cccc(OCC)c1OC(F)F.I. The molecule has 0 aliphatic rings. The molecule has 0 unspecified atom stereocenters. The Morgan fingerprint density at radius 1 is 1.13 bits per heavy atom. The highest BCUT2D eigenvalue weighted by atomic mass is 127. The second kappa shape index (κ2) is 13.7. The first-order chi connectivity index (χ1) is 14.5. The van der Waals surface area contributed by atoms with Crippen LogP contribution in [0, 0.1) is 0 Å². The topological polar surface area (TPSA) is 84.3 Å². The molecule has 0 aliphatic carbocycles. The van der Waals surface area contributed by atoms with E-state index < -0.39 is 6.61 Å². The van der Waals surface area contributed by atoms with Crippen molar-refractivity contribution in [1.29, 1.82) is 0 Å². The number of nitrogens with one attached hydrogen (secondary N) is 2. The molecule has 0 bridgehead atoms. The smallest absolute Gasteiger partial charge is 0.387 e. The van der Waals surface area contributed by atoms with E-state index in [1.54, 1.807) is 43.3 Å². The minimum Gasteiger partial charge on any atom is -0.504 e. The van der Waals surface area contributed by atoms with Crippen LogP contribution in [-0.4, -0.2) is 37.9 Å². The molecule has 0 aliphatic heterocycles. The van der Waals surface area contributed by atoms with Crippen LogP contribution in [0.5, 0.6) is 23.0 Å². The van der Waals surface area contributed by atoms with Crippen molar-refractivity contribution in [2.75, 3.05) is 20.3 Å². The predicted octanol–water partition coefficient (Wildman–Crippen LogP) is 4.27. The van der Waals surface area contributed by atoms with Gasteiger partial charge in [-0.25, -0.2) is 4.99 Å². The molecule has 2 aromatic rings. The molecule has 31 heavy (non-hydrogen) atoms. The van der Waals surface area contributed by atoms with Gasteiger partial charge >= 0.3 is 6.61 Å². The number of nitrogens with zero attached hydrogens (tertiary/aromatic N) is 1. The number of halogens is 3. The number of hydrogen-bond donors (Lipinski definition) is 3. The van der Waals surface area contributed by atoms with Gasteiger partial charge in [0, 0.05) is 18.7 Å². The molecule has 0 fully saturated rings. The summed E-state index contributed by atoms with van der Waals surface area (Å²) >= 11 is 0. The molecule has 7 nitrogen and oxygen atoms in total. The normalized spacial score (nSPS) is 11.0. The Balaban J connectivity index is 0.00000480. The van der Waals surface area contributed by atoms with Gasteiger partial charge in [-0.2, -0.15) is 8.78 Å². The number of phenolic OH excluding ortho intramolecular Hbond substituents is 1. The number of methoxy groups -OCH3 is 1. The number of para-hydroxylation sites is 1. The number of aromatic hydroxyl groups is 1. The second-order valence-electron chi connectivity index (χ2n) is 6.11. The maximum atomic E-state index is 12.9. The molecule has 2 rings (SSSR count). The molecule has 0 heterocycles. The molecule has 0 radical (unpaired) electrons. The Morgan fingerprint density at radius 2 is 1.90 bits per heavy atom. The minimum atomic E-state index is -2.96. The number of phenols is 1. The summed E-state index contributed by atoms with van der Waals surface area (Å²) in [7, 11) is 1.48. The average molecular weight is 551 g/mol. The lowest BCUT2D eigenvalue weighted by Crippen LogP contribution is -2.36. The van der Waals surface area contributed by atoms with Crippen molar-refractivity contribution in [2.24, 2.45) is 4.99 Å². The lowest BCUT2D eigenvalue weighted by Gasteiger charge is -2.17. The van der Waals surface area contributed by atoms with Crippen LogP contribution in [0.2, 0.25) is 0 Å². The Morgan fingerprint density at radius 3 is 2.52 bits per heavy atom. The van der Waals surface area contributed by atoms with Gasteiger partial charge in [0.05, 0.1) is 20.3 Å². The number of alkyl halides is 2. The van der Waals surface area contributed by atoms with Crippen LogP contribution in [0.1, 0.15) is 25.0 Å². The van der Waals surface area contributed by atoms with Gasteiger partial charge in [0.15, 0.2) is 29.0 Å². The molecule has 0 aromatic heterocycles. The standard InChI is InChI=1S/C21H27F2N3O4.HI/c1-4-24-21(25-12-14-9-10-17(28-3)16(27)11-14)26-13-15-7-6-8-18(29-5-2)19(15)30-20(22)23;/h6-11,20,27H,4-5,12-13H2,1-3H3,(H2,24,25,26);1H. The molecular formula is C21H28F2IN3O4. The first-order valence-corrected chi connectivity index (χ1v) is 9.56. The zero-order valence-electron chi connectivity index (χ0n) is 17.7. The van der Waals surface area contributed by atoms with Crippen molar-refractivity contribution in [2.45, 2.75) is 33.5 Å². The van der Waals surface area contributed by atoms with Crippen LogP contribution in [0.4, 0.5) is 8.78 Å². The highest BCUT2D eigenvalue weighted by Gasteiger charge is 2.16. The summed E-state index contributed by atoms with van der Waals surface area (Å²) in [5, 5.41) is 16.1. The Hall–Kier alpha value is -2.50. The Bertz CT molecular complexity index is 853. The van der Waals surface area contributed by atoms with Crippen molar-refractivity contribution >= 4 is 29.9 Å². The average Bonchev–Trinajstić information content (AvgIpc) is 2.72. The van der Waals surface area contributed by atoms with E-state index in [4.69, 9.17) is 9.47 Å². The van der Waals surface area contributed by atoms with Crippen molar-refractivity contribution < 1.29 is 28.1 Å². The third-order valence-corrected chi connectivity index (χ3v) is 4.02. The van der Waals surface area contributed by atoms with Gasteiger partial charge in [0.1, 0.15) is 0 Å². The summed E-state index contributed by atoms with van der Waals surface area (Å²) in [5.74, 6) is 1.15. The molecule has 2 aromatic carbocycles. The zero-order valence-corrected chi connectivity index (χ0v) is 20.0. The fraction of sp³-hybridized carbons (Fsp3) is 0.381. The fourth-order valence-electron chi connectivity index (χ4n) is 2.72. The molecule has 0 spiro atoms. The summed E-state index contributed by atoms with van der Waals surface area (Å²) < 4.78 is 40.9. The molecule has 10 heteroatoms. The van der Waals surface area contributed by atoms with E-state index in [-0.39, 0.29) is 47.8 Å². The molecule has 3 N–H and O–H groups in total. The van der Waals surface area contributed by atoms with Gasteiger partial charge < -0.3 is 30.0 Å². The summed E-state index contributed by atoms with van der Waals surface area (Å²) in [4.78, 5) is 4.47. The monoisotopic (exact) mass is 551 g/mol. The van der Waals surface area contributed by atoms with Crippen LogP contribution in [-0.2, 0) is 13.1 Å². The minimum absolute atomic E-state index is 0. The van der Waals surface area contributed by atoms with E-state index in [2.05, 4.69) is 20.4 Å². The number of benzene rings is 2. The fourth-order valence-corrected chi connectivity index (χ4v) is 2.72. The quantitative estimate of drug-likeness (QED) is 0.233. The van der Waals surface area contributed by atoms with Gasteiger partial charge in [-0.15, -0.1) is 24.0 Å². The third-order valence-electron chi connectivity index (χ3n) is 4.02. The van der Waals surface area contributed by atoms with Crippen LogP contribution < -0.4 is 24.8 Å². The van der Waals surface area contributed by atoms with Gasteiger partial charge in [0.25, 0.3) is 0 Å². The molecule has 172 valence electrons. The third kappa shape index (κ3) is 8.27. The van der Waals surface area contributed by atoms with Crippen LogP contribution in [0.25, 0.3) is 0 Å². The summed E-state index contributed by atoms with van der Waals surface area (Å²) in [6.45, 7) is 2.15.